The molecule has 2 atom stereocenters. The van der Waals surface area contributed by atoms with Crippen molar-refractivity contribution in [2.24, 2.45) is 0 Å². The van der Waals surface area contributed by atoms with Gasteiger partial charge in [0, 0.05) is 13.2 Å². The Balaban J connectivity index is 1.80. The van der Waals surface area contributed by atoms with Crippen LogP contribution >= 0.6 is 0 Å². The summed E-state index contributed by atoms with van der Waals surface area (Å²) in [6.45, 7) is 6.52. The number of ether oxygens (including phenoxy) is 1. The molecular formula is C11H20N4O2. The fourth-order valence-corrected chi connectivity index (χ4v) is 1.88. The second-order valence-electron chi connectivity index (χ2n) is 4.24. The molecule has 1 fully saturated rings. The lowest BCUT2D eigenvalue weighted by Crippen LogP contribution is -2.18. The van der Waals surface area contributed by atoms with Crippen LogP contribution in [-0.4, -0.2) is 36.0 Å². The zero-order valence-corrected chi connectivity index (χ0v) is 10.4. The summed E-state index contributed by atoms with van der Waals surface area (Å²) in [6, 6.07) is 0.561. The minimum atomic E-state index is 0.0887. The van der Waals surface area contributed by atoms with Crippen LogP contribution < -0.4 is 10.6 Å². The van der Waals surface area contributed by atoms with Crippen LogP contribution in [0.15, 0.2) is 4.42 Å². The van der Waals surface area contributed by atoms with E-state index in [-0.39, 0.29) is 12.1 Å². The van der Waals surface area contributed by atoms with E-state index < -0.39 is 0 Å². The Kier molecular flexibility index (Phi) is 4.33. The monoisotopic (exact) mass is 240 g/mol. The maximum atomic E-state index is 5.51. The van der Waals surface area contributed by atoms with Gasteiger partial charge in [0.25, 0.3) is 0 Å². The third-order valence-corrected chi connectivity index (χ3v) is 2.83. The highest BCUT2D eigenvalue weighted by atomic mass is 16.5. The number of aromatic nitrogens is 2. The van der Waals surface area contributed by atoms with Gasteiger partial charge in [-0.25, -0.2) is 0 Å². The van der Waals surface area contributed by atoms with Crippen LogP contribution in [0.5, 0.6) is 0 Å². The van der Waals surface area contributed by atoms with Crippen LogP contribution in [0.4, 0.5) is 6.01 Å². The van der Waals surface area contributed by atoms with Crippen LogP contribution in [0, 0.1) is 0 Å². The number of nitrogens with zero attached hydrogens (tertiary/aromatic N) is 2. The minimum absolute atomic E-state index is 0.0887. The van der Waals surface area contributed by atoms with E-state index in [0.717, 1.165) is 32.5 Å². The third-order valence-electron chi connectivity index (χ3n) is 2.83. The third kappa shape index (κ3) is 3.41. The lowest BCUT2D eigenvalue weighted by atomic mass is 10.2. The molecule has 0 aliphatic carbocycles. The largest absolute Gasteiger partial charge is 0.406 e. The Hall–Kier alpha value is -1.14. The van der Waals surface area contributed by atoms with Crippen molar-refractivity contribution < 1.29 is 9.15 Å². The molecule has 0 saturated carbocycles. The molecule has 1 aromatic rings. The van der Waals surface area contributed by atoms with Crippen molar-refractivity contribution in [2.45, 2.75) is 38.8 Å². The van der Waals surface area contributed by atoms with Gasteiger partial charge >= 0.3 is 6.01 Å². The van der Waals surface area contributed by atoms with Crippen LogP contribution in [0.3, 0.4) is 0 Å². The first-order valence-electron chi connectivity index (χ1n) is 6.22. The first kappa shape index (κ1) is 12.3. The first-order chi connectivity index (χ1) is 8.29. The van der Waals surface area contributed by atoms with E-state index in [4.69, 9.17) is 9.15 Å². The Bertz CT molecular complexity index is 336. The van der Waals surface area contributed by atoms with Gasteiger partial charge in [-0.3, -0.25) is 0 Å². The molecule has 2 unspecified atom stereocenters. The summed E-state index contributed by atoms with van der Waals surface area (Å²) in [5, 5.41) is 14.3. The predicted molar refractivity (Wildman–Crippen MR) is 63.9 cm³/mol. The van der Waals surface area contributed by atoms with Crippen molar-refractivity contribution in [1.82, 2.24) is 15.5 Å². The van der Waals surface area contributed by atoms with E-state index in [2.05, 4.69) is 20.8 Å². The molecule has 96 valence electrons. The number of nitrogens with one attached hydrogen (secondary N) is 2. The molecule has 17 heavy (non-hydrogen) atoms. The molecule has 6 nitrogen and oxygen atoms in total. The fourth-order valence-electron chi connectivity index (χ4n) is 1.88. The molecule has 1 aromatic heterocycles. The number of hydrogen-bond acceptors (Lipinski definition) is 6. The topological polar surface area (TPSA) is 72.2 Å². The van der Waals surface area contributed by atoms with Gasteiger partial charge in [-0.05, 0) is 26.3 Å². The summed E-state index contributed by atoms with van der Waals surface area (Å²) in [6.07, 6.45) is 2.51. The van der Waals surface area contributed by atoms with Gasteiger partial charge in [-0.1, -0.05) is 12.0 Å². The normalized spacial score (nSPS) is 21.6. The minimum Gasteiger partial charge on any atom is -0.406 e. The molecule has 0 bridgehead atoms. The highest BCUT2D eigenvalue weighted by molar-refractivity contribution is 5.17. The first-order valence-corrected chi connectivity index (χ1v) is 6.22. The average molecular weight is 240 g/mol. The molecule has 0 spiro atoms. The van der Waals surface area contributed by atoms with E-state index in [1.54, 1.807) is 0 Å². The maximum absolute atomic E-state index is 5.51. The molecule has 0 aromatic carbocycles. The van der Waals surface area contributed by atoms with E-state index in [1.165, 1.54) is 0 Å². The van der Waals surface area contributed by atoms with E-state index in [0.29, 0.717) is 11.9 Å². The summed E-state index contributed by atoms with van der Waals surface area (Å²) < 4.78 is 11.0. The standard InChI is InChI=1S/C11H20N4O2/c1-3-12-8(2)10-14-15-11(17-10)13-7-9-5-4-6-16-9/h8-9,12H,3-7H2,1-2H3,(H,13,15). The number of anilines is 1. The van der Waals surface area contributed by atoms with E-state index >= 15 is 0 Å². The number of hydrogen-bond donors (Lipinski definition) is 2. The van der Waals surface area contributed by atoms with Crippen LogP contribution in [0.2, 0.25) is 0 Å². The van der Waals surface area contributed by atoms with Gasteiger partial charge in [0.2, 0.25) is 5.89 Å². The number of rotatable bonds is 6. The van der Waals surface area contributed by atoms with Crippen LogP contribution in [0.1, 0.15) is 38.6 Å². The molecular weight excluding hydrogens is 220 g/mol. The zero-order valence-electron chi connectivity index (χ0n) is 10.4. The average Bonchev–Trinajstić information content (AvgIpc) is 2.98. The van der Waals surface area contributed by atoms with Crippen molar-refractivity contribution in [3.63, 3.8) is 0 Å². The summed E-state index contributed by atoms with van der Waals surface area (Å²) in [7, 11) is 0. The predicted octanol–water partition coefficient (Wildman–Crippen LogP) is 1.33. The van der Waals surface area contributed by atoms with E-state index in [1.807, 2.05) is 13.8 Å². The Morgan fingerprint density at radius 3 is 3.06 bits per heavy atom. The lowest BCUT2D eigenvalue weighted by Gasteiger charge is -2.08. The maximum Gasteiger partial charge on any atom is 0.315 e. The second-order valence-corrected chi connectivity index (χ2v) is 4.24. The molecule has 2 heterocycles. The van der Waals surface area contributed by atoms with Crippen LogP contribution in [0.25, 0.3) is 0 Å². The second kappa shape index (κ2) is 5.97. The molecule has 6 heteroatoms. The molecule has 1 saturated heterocycles. The van der Waals surface area contributed by atoms with Crippen molar-refractivity contribution in [3.05, 3.63) is 5.89 Å². The van der Waals surface area contributed by atoms with Crippen molar-refractivity contribution >= 4 is 6.01 Å². The summed E-state index contributed by atoms with van der Waals surface area (Å²) in [5.41, 5.74) is 0. The molecule has 0 radical (unpaired) electrons. The highest BCUT2D eigenvalue weighted by Crippen LogP contribution is 2.15. The van der Waals surface area contributed by atoms with Gasteiger partial charge in [0.1, 0.15) is 0 Å². The van der Waals surface area contributed by atoms with Gasteiger partial charge < -0.3 is 19.8 Å². The Morgan fingerprint density at radius 1 is 1.47 bits per heavy atom. The molecule has 1 aliphatic rings. The van der Waals surface area contributed by atoms with Gasteiger partial charge in [-0.15, -0.1) is 5.10 Å². The summed E-state index contributed by atoms with van der Waals surface area (Å²) >= 11 is 0. The Morgan fingerprint density at radius 2 is 2.35 bits per heavy atom. The zero-order chi connectivity index (χ0) is 12.1. The lowest BCUT2D eigenvalue weighted by molar-refractivity contribution is 0.120. The highest BCUT2D eigenvalue weighted by Gasteiger charge is 2.17. The molecule has 2 N–H and O–H groups in total. The van der Waals surface area contributed by atoms with Gasteiger partial charge in [0.05, 0.1) is 12.1 Å². The van der Waals surface area contributed by atoms with Gasteiger partial charge in [0.15, 0.2) is 0 Å². The smallest absolute Gasteiger partial charge is 0.315 e. The summed E-state index contributed by atoms with van der Waals surface area (Å²) in [5.74, 6) is 0.613. The van der Waals surface area contributed by atoms with Crippen LogP contribution in [-0.2, 0) is 4.74 Å². The van der Waals surface area contributed by atoms with Crippen molar-refractivity contribution in [3.8, 4) is 0 Å². The summed E-state index contributed by atoms with van der Waals surface area (Å²) in [4.78, 5) is 0. The van der Waals surface area contributed by atoms with Crippen molar-refractivity contribution in [2.75, 3.05) is 25.0 Å². The van der Waals surface area contributed by atoms with Gasteiger partial charge in [-0.2, -0.15) is 0 Å². The SMILES string of the molecule is CCNC(C)c1nnc(NCC2CCCO2)o1. The Labute approximate surface area is 101 Å². The quantitative estimate of drug-likeness (QED) is 0.781. The molecule has 1 aliphatic heterocycles. The van der Waals surface area contributed by atoms with E-state index in [9.17, 15) is 0 Å². The molecule has 2 rings (SSSR count). The fraction of sp³-hybridized carbons (Fsp3) is 0.818. The van der Waals surface area contributed by atoms with Crippen molar-refractivity contribution in [1.29, 1.82) is 0 Å². The molecule has 0 amide bonds.